The van der Waals surface area contributed by atoms with E-state index in [4.69, 9.17) is 9.47 Å². The molecule has 3 atom stereocenters. The van der Waals surface area contributed by atoms with E-state index >= 15 is 0 Å². The second-order valence-electron chi connectivity index (χ2n) is 10.1. The zero-order valence-electron chi connectivity index (χ0n) is 23.8. The lowest BCUT2D eigenvalue weighted by molar-refractivity contribution is -0.384. The predicted molar refractivity (Wildman–Crippen MR) is 161 cm³/mol. The molecule has 0 saturated carbocycles. The summed E-state index contributed by atoms with van der Waals surface area (Å²) in [6.07, 6.45) is 0. The number of benzene rings is 3. The van der Waals surface area contributed by atoms with Crippen LogP contribution in [0.2, 0.25) is 0 Å². The summed E-state index contributed by atoms with van der Waals surface area (Å²) in [5, 5.41) is 12.4. The Morgan fingerprint density at radius 3 is 2.16 bits per heavy atom. The number of carbonyl (C=O) groups excluding carboxylic acids is 5. The van der Waals surface area contributed by atoms with E-state index in [0.717, 1.165) is 9.21 Å². The maximum Gasteiger partial charge on any atom is 0.333 e. The molecule has 0 spiro atoms. The van der Waals surface area contributed by atoms with E-state index in [0.29, 0.717) is 23.3 Å². The Kier molecular flexibility index (Phi) is 8.95. The Morgan fingerprint density at radius 2 is 1.58 bits per heavy atom. The number of nitrogens with one attached hydrogen (secondary N) is 1. The number of rotatable bonds is 12. The summed E-state index contributed by atoms with van der Waals surface area (Å²) in [7, 11) is 0. The largest absolute Gasteiger partial charge is 0.484 e. The number of nitro groups is 1. The lowest BCUT2D eigenvalue weighted by atomic mass is 9.99. The standard InChI is InChI=1S/C31H26N4O9S/c1-18(2)26(31(40)44-16-19-12-14-20(15-13-19)35(41)42)33-29(39)25(32-24(36)17-43-21-8-4-3-5-9-21)30(33)45-34-27(37)22-10-6-7-11-23(22)28(34)38/h3-15,25-26,30H,1,16-17H2,2H3,(H,32,36). The third-order valence-corrected chi connectivity index (χ3v) is 8.23. The van der Waals surface area contributed by atoms with E-state index in [9.17, 15) is 34.1 Å². The third kappa shape index (κ3) is 6.40. The number of para-hydroxylation sites is 1. The molecule has 5 rings (SSSR count). The van der Waals surface area contributed by atoms with Crippen molar-refractivity contribution in [1.82, 2.24) is 14.5 Å². The molecule has 2 aliphatic rings. The van der Waals surface area contributed by atoms with Gasteiger partial charge >= 0.3 is 5.97 Å². The number of nitro benzene ring substituents is 1. The second-order valence-corrected chi connectivity index (χ2v) is 11.2. The molecule has 3 aromatic carbocycles. The van der Waals surface area contributed by atoms with Crippen molar-refractivity contribution in [2.24, 2.45) is 0 Å². The fourth-order valence-corrected chi connectivity index (χ4v) is 5.99. The minimum atomic E-state index is -1.34. The van der Waals surface area contributed by atoms with Gasteiger partial charge in [-0.25, -0.2) is 9.10 Å². The smallest absolute Gasteiger partial charge is 0.333 e. The van der Waals surface area contributed by atoms with Crippen LogP contribution in [0.5, 0.6) is 5.75 Å². The normalized spacial score (nSPS) is 17.7. The first kappa shape index (κ1) is 30.9. The van der Waals surface area contributed by atoms with Crippen molar-refractivity contribution in [2.45, 2.75) is 31.0 Å². The van der Waals surface area contributed by atoms with Crippen LogP contribution in [0, 0.1) is 10.1 Å². The first-order valence-electron chi connectivity index (χ1n) is 13.6. The summed E-state index contributed by atoms with van der Waals surface area (Å²) >= 11 is 0.696. The maximum atomic E-state index is 13.5. The van der Waals surface area contributed by atoms with Gasteiger partial charge in [0.25, 0.3) is 23.4 Å². The molecule has 14 heteroatoms. The Balaban J connectivity index is 1.35. The highest BCUT2D eigenvalue weighted by Gasteiger charge is 2.56. The molecule has 1 fully saturated rings. The monoisotopic (exact) mass is 630 g/mol. The average Bonchev–Trinajstić information content (AvgIpc) is 3.28. The van der Waals surface area contributed by atoms with Crippen molar-refractivity contribution in [2.75, 3.05) is 6.61 Å². The van der Waals surface area contributed by atoms with E-state index in [1.54, 1.807) is 42.5 Å². The quantitative estimate of drug-likeness (QED) is 0.0597. The van der Waals surface area contributed by atoms with Crippen LogP contribution < -0.4 is 10.1 Å². The number of ether oxygens (including phenoxy) is 2. The molecule has 0 radical (unpaired) electrons. The van der Waals surface area contributed by atoms with Crippen molar-refractivity contribution < 1.29 is 38.4 Å². The van der Waals surface area contributed by atoms with Gasteiger partial charge in [-0.3, -0.25) is 29.3 Å². The van der Waals surface area contributed by atoms with E-state index < -0.39 is 58.6 Å². The molecular weight excluding hydrogens is 604 g/mol. The van der Waals surface area contributed by atoms with Gasteiger partial charge in [-0.2, -0.15) is 0 Å². The highest BCUT2D eigenvalue weighted by molar-refractivity contribution is 7.98. The molecule has 0 bridgehead atoms. The van der Waals surface area contributed by atoms with Gasteiger partial charge in [-0.15, -0.1) is 0 Å². The predicted octanol–water partition coefficient (Wildman–Crippen LogP) is 3.26. The van der Waals surface area contributed by atoms with Crippen LogP contribution in [-0.2, 0) is 25.7 Å². The van der Waals surface area contributed by atoms with Crippen LogP contribution in [0.15, 0.2) is 91.0 Å². The Labute approximate surface area is 261 Å². The van der Waals surface area contributed by atoms with Crippen LogP contribution in [0.25, 0.3) is 0 Å². The fraction of sp³-hybridized carbons (Fsp3) is 0.194. The lowest BCUT2D eigenvalue weighted by Crippen LogP contribution is -2.73. The number of β-lactam (4-membered cyclic amide) rings is 1. The van der Waals surface area contributed by atoms with Gasteiger partial charge in [0.05, 0.1) is 16.1 Å². The fourth-order valence-electron chi connectivity index (χ4n) is 4.76. The minimum absolute atomic E-state index is 0.133. The van der Waals surface area contributed by atoms with Gasteiger partial charge in [0.1, 0.15) is 23.8 Å². The van der Waals surface area contributed by atoms with Crippen LogP contribution >= 0.6 is 11.9 Å². The molecule has 1 N–H and O–H groups in total. The SMILES string of the molecule is C=C(C)C(C(=O)OCc1ccc([N+](=O)[O-])cc1)N1C(=O)C(NC(=O)COc2ccccc2)C1SN1C(=O)c2ccccc2C1=O. The summed E-state index contributed by atoms with van der Waals surface area (Å²) in [4.78, 5) is 77.4. The Morgan fingerprint density at radius 1 is 0.978 bits per heavy atom. The number of amides is 4. The second kappa shape index (κ2) is 13.0. The molecule has 45 heavy (non-hydrogen) atoms. The zero-order chi connectivity index (χ0) is 32.2. The molecular formula is C31H26N4O9S. The van der Waals surface area contributed by atoms with Crippen molar-refractivity contribution in [3.8, 4) is 5.75 Å². The maximum absolute atomic E-state index is 13.5. The average molecular weight is 631 g/mol. The van der Waals surface area contributed by atoms with Crippen molar-refractivity contribution >= 4 is 47.2 Å². The summed E-state index contributed by atoms with van der Waals surface area (Å²) in [6, 6.07) is 17.6. The highest BCUT2D eigenvalue weighted by atomic mass is 32.2. The lowest BCUT2D eigenvalue weighted by Gasteiger charge is -2.49. The van der Waals surface area contributed by atoms with Gasteiger partial charge in [0.2, 0.25) is 5.91 Å². The van der Waals surface area contributed by atoms with E-state index in [1.165, 1.54) is 43.3 Å². The molecule has 3 aromatic rings. The first-order chi connectivity index (χ1) is 21.6. The number of likely N-dealkylation sites (tertiary alicyclic amines) is 1. The minimum Gasteiger partial charge on any atom is -0.484 e. The van der Waals surface area contributed by atoms with Gasteiger partial charge < -0.3 is 19.7 Å². The number of carbonyl (C=O) groups is 5. The number of imide groups is 1. The van der Waals surface area contributed by atoms with Crippen LogP contribution in [0.3, 0.4) is 0 Å². The van der Waals surface area contributed by atoms with Crippen molar-refractivity contribution in [1.29, 1.82) is 0 Å². The molecule has 2 aliphatic heterocycles. The van der Waals surface area contributed by atoms with Crippen molar-refractivity contribution in [3.63, 3.8) is 0 Å². The van der Waals surface area contributed by atoms with Crippen LogP contribution in [0.4, 0.5) is 5.69 Å². The molecule has 2 heterocycles. The highest BCUT2D eigenvalue weighted by Crippen LogP contribution is 2.40. The molecule has 3 unspecified atom stereocenters. The van der Waals surface area contributed by atoms with Crippen molar-refractivity contribution in [3.05, 3.63) is 118 Å². The Hall–Kier alpha value is -5.50. The number of fused-ring (bicyclic) bond motifs is 1. The van der Waals surface area contributed by atoms with Gasteiger partial charge in [0, 0.05) is 12.1 Å². The van der Waals surface area contributed by atoms with Crippen LogP contribution in [0.1, 0.15) is 33.2 Å². The van der Waals surface area contributed by atoms with E-state index in [1.807, 2.05) is 0 Å². The number of hydrogen-bond acceptors (Lipinski definition) is 10. The molecule has 1 saturated heterocycles. The molecule has 13 nitrogen and oxygen atoms in total. The van der Waals surface area contributed by atoms with Gasteiger partial charge in [0.15, 0.2) is 12.6 Å². The van der Waals surface area contributed by atoms with E-state index in [2.05, 4.69) is 11.9 Å². The number of esters is 1. The number of nitrogens with zero attached hydrogens (tertiary/aromatic N) is 3. The summed E-state index contributed by atoms with van der Waals surface area (Å²) in [5.41, 5.74) is 0.921. The molecule has 4 amide bonds. The number of hydrogen-bond donors (Lipinski definition) is 1. The summed E-state index contributed by atoms with van der Waals surface area (Å²) in [6.45, 7) is 4.68. The van der Waals surface area contributed by atoms with Gasteiger partial charge in [-0.1, -0.05) is 36.9 Å². The molecule has 230 valence electrons. The molecule has 0 aromatic heterocycles. The summed E-state index contributed by atoms with van der Waals surface area (Å²) in [5.74, 6) is -2.95. The molecule has 0 aliphatic carbocycles. The third-order valence-electron chi connectivity index (χ3n) is 6.98. The van der Waals surface area contributed by atoms with Crippen LogP contribution in [-0.4, -0.2) is 67.8 Å². The van der Waals surface area contributed by atoms with E-state index in [-0.39, 0.29) is 29.0 Å². The van der Waals surface area contributed by atoms with Gasteiger partial charge in [-0.05, 0) is 66.4 Å². The number of non-ortho nitro benzene ring substituents is 1. The summed E-state index contributed by atoms with van der Waals surface area (Å²) < 4.78 is 11.8. The first-order valence-corrected chi connectivity index (χ1v) is 14.4. The zero-order valence-corrected chi connectivity index (χ0v) is 24.6. The Bertz CT molecular complexity index is 1660. The topological polar surface area (TPSA) is 165 Å².